The Morgan fingerprint density at radius 3 is 3.12 bits per heavy atom. The molecule has 1 aliphatic heterocycles. The molecule has 0 fully saturated rings. The van der Waals surface area contributed by atoms with Crippen molar-refractivity contribution in [1.82, 2.24) is 4.90 Å². The molecule has 0 atom stereocenters. The summed E-state index contributed by atoms with van der Waals surface area (Å²) in [5.41, 5.74) is 4.21. The van der Waals surface area contributed by atoms with Gasteiger partial charge in [0.25, 0.3) is 0 Å². The summed E-state index contributed by atoms with van der Waals surface area (Å²) in [7, 11) is 3.88. The van der Waals surface area contributed by atoms with Crippen molar-refractivity contribution in [3.05, 3.63) is 29.3 Å². The number of benzene rings is 1. The Labute approximate surface area is 97.4 Å². The maximum absolute atomic E-state index is 5.09. The summed E-state index contributed by atoms with van der Waals surface area (Å²) in [6.45, 7) is 3.83. The standard InChI is InChI=1S/C13H20N2O/c1-15(8-9-16-2)10-12-5-3-4-11-6-7-14-13(11)12/h3-5,14H,6-10H2,1-2H3. The van der Waals surface area contributed by atoms with Crippen molar-refractivity contribution < 1.29 is 4.74 Å². The number of anilines is 1. The van der Waals surface area contributed by atoms with Gasteiger partial charge in [0.1, 0.15) is 0 Å². The van der Waals surface area contributed by atoms with Gasteiger partial charge in [0.15, 0.2) is 0 Å². The molecule has 0 saturated heterocycles. The molecule has 0 amide bonds. The number of hydrogen-bond donors (Lipinski definition) is 1. The van der Waals surface area contributed by atoms with E-state index in [0.29, 0.717) is 0 Å². The number of methoxy groups -OCH3 is 1. The van der Waals surface area contributed by atoms with E-state index in [9.17, 15) is 0 Å². The zero-order valence-corrected chi connectivity index (χ0v) is 10.1. The van der Waals surface area contributed by atoms with E-state index in [2.05, 4.69) is 35.5 Å². The average molecular weight is 220 g/mol. The van der Waals surface area contributed by atoms with Crippen LogP contribution in [0, 0.1) is 0 Å². The number of nitrogens with one attached hydrogen (secondary N) is 1. The van der Waals surface area contributed by atoms with Crippen LogP contribution in [0.2, 0.25) is 0 Å². The lowest BCUT2D eigenvalue weighted by Crippen LogP contribution is -2.22. The predicted molar refractivity (Wildman–Crippen MR) is 66.8 cm³/mol. The van der Waals surface area contributed by atoms with Gasteiger partial charge in [-0.25, -0.2) is 0 Å². The first-order valence-corrected chi connectivity index (χ1v) is 5.83. The van der Waals surface area contributed by atoms with Gasteiger partial charge in [-0.2, -0.15) is 0 Å². The monoisotopic (exact) mass is 220 g/mol. The number of likely N-dealkylation sites (N-methyl/N-ethyl adjacent to an activating group) is 1. The minimum Gasteiger partial charge on any atom is -0.384 e. The number of ether oxygens (including phenoxy) is 1. The summed E-state index contributed by atoms with van der Waals surface area (Å²) >= 11 is 0. The molecule has 1 aromatic carbocycles. The van der Waals surface area contributed by atoms with Crippen LogP contribution in [0.1, 0.15) is 11.1 Å². The highest BCUT2D eigenvalue weighted by Crippen LogP contribution is 2.26. The maximum Gasteiger partial charge on any atom is 0.0589 e. The summed E-state index contributed by atoms with van der Waals surface area (Å²) in [5.74, 6) is 0. The third-order valence-corrected chi connectivity index (χ3v) is 3.05. The Hall–Kier alpha value is -1.06. The lowest BCUT2D eigenvalue weighted by molar-refractivity contribution is 0.159. The molecule has 0 radical (unpaired) electrons. The van der Waals surface area contributed by atoms with Crippen molar-refractivity contribution >= 4 is 5.69 Å². The van der Waals surface area contributed by atoms with E-state index in [0.717, 1.165) is 32.7 Å². The topological polar surface area (TPSA) is 24.5 Å². The maximum atomic E-state index is 5.09. The van der Waals surface area contributed by atoms with E-state index >= 15 is 0 Å². The van der Waals surface area contributed by atoms with Crippen LogP contribution < -0.4 is 5.32 Å². The first-order chi connectivity index (χ1) is 7.81. The molecule has 0 spiro atoms. The molecule has 16 heavy (non-hydrogen) atoms. The highest BCUT2D eigenvalue weighted by Gasteiger charge is 2.14. The lowest BCUT2D eigenvalue weighted by Gasteiger charge is -2.18. The second kappa shape index (κ2) is 5.32. The summed E-state index contributed by atoms with van der Waals surface area (Å²) in [4.78, 5) is 2.29. The Morgan fingerprint density at radius 2 is 2.31 bits per heavy atom. The zero-order valence-electron chi connectivity index (χ0n) is 10.1. The van der Waals surface area contributed by atoms with Crippen molar-refractivity contribution in [1.29, 1.82) is 0 Å². The van der Waals surface area contributed by atoms with E-state index in [4.69, 9.17) is 4.74 Å². The van der Waals surface area contributed by atoms with Gasteiger partial charge in [-0.3, -0.25) is 4.90 Å². The third kappa shape index (κ3) is 2.54. The second-order valence-corrected chi connectivity index (χ2v) is 4.36. The Morgan fingerprint density at radius 1 is 1.44 bits per heavy atom. The van der Waals surface area contributed by atoms with Crippen LogP contribution in [-0.4, -0.2) is 38.8 Å². The molecule has 1 N–H and O–H groups in total. The summed E-state index contributed by atoms with van der Waals surface area (Å²) in [6.07, 6.45) is 1.16. The van der Waals surface area contributed by atoms with Gasteiger partial charge in [0.05, 0.1) is 6.61 Å². The van der Waals surface area contributed by atoms with E-state index in [1.807, 2.05) is 0 Å². The molecule has 1 heterocycles. The van der Waals surface area contributed by atoms with Crippen molar-refractivity contribution in [2.24, 2.45) is 0 Å². The molecule has 88 valence electrons. The van der Waals surface area contributed by atoms with Gasteiger partial charge in [-0.05, 0) is 24.6 Å². The molecular formula is C13H20N2O. The number of fused-ring (bicyclic) bond motifs is 1. The van der Waals surface area contributed by atoms with E-state index in [-0.39, 0.29) is 0 Å². The fourth-order valence-electron chi connectivity index (χ4n) is 2.16. The Balaban J connectivity index is 2.01. The Kier molecular flexibility index (Phi) is 3.80. The van der Waals surface area contributed by atoms with Crippen LogP contribution in [0.15, 0.2) is 18.2 Å². The van der Waals surface area contributed by atoms with E-state index in [1.165, 1.54) is 16.8 Å². The van der Waals surface area contributed by atoms with Crippen LogP contribution in [-0.2, 0) is 17.7 Å². The lowest BCUT2D eigenvalue weighted by atomic mass is 10.1. The zero-order chi connectivity index (χ0) is 11.4. The van der Waals surface area contributed by atoms with Crippen molar-refractivity contribution in [3.8, 4) is 0 Å². The first-order valence-electron chi connectivity index (χ1n) is 5.83. The molecule has 1 aromatic rings. The Bertz CT molecular complexity index is 352. The van der Waals surface area contributed by atoms with E-state index < -0.39 is 0 Å². The van der Waals surface area contributed by atoms with Crippen LogP contribution in [0.4, 0.5) is 5.69 Å². The highest BCUT2D eigenvalue weighted by molar-refractivity contribution is 5.61. The molecule has 0 bridgehead atoms. The molecule has 1 aliphatic rings. The van der Waals surface area contributed by atoms with E-state index in [1.54, 1.807) is 7.11 Å². The van der Waals surface area contributed by atoms with Crippen LogP contribution in [0.5, 0.6) is 0 Å². The molecule has 2 rings (SSSR count). The van der Waals surface area contributed by atoms with Gasteiger partial charge in [0, 0.05) is 32.4 Å². The first kappa shape index (κ1) is 11.4. The molecule has 0 aliphatic carbocycles. The van der Waals surface area contributed by atoms with Crippen molar-refractivity contribution in [2.45, 2.75) is 13.0 Å². The second-order valence-electron chi connectivity index (χ2n) is 4.36. The normalized spacial score (nSPS) is 13.9. The minimum absolute atomic E-state index is 0.791. The largest absolute Gasteiger partial charge is 0.384 e. The molecular weight excluding hydrogens is 200 g/mol. The summed E-state index contributed by atoms with van der Waals surface area (Å²) in [6, 6.07) is 6.58. The predicted octanol–water partition coefficient (Wildman–Crippen LogP) is 1.73. The number of para-hydroxylation sites is 1. The fraction of sp³-hybridized carbons (Fsp3) is 0.538. The minimum atomic E-state index is 0.791. The number of hydrogen-bond acceptors (Lipinski definition) is 3. The molecule has 3 nitrogen and oxygen atoms in total. The van der Waals surface area contributed by atoms with Gasteiger partial charge in [-0.15, -0.1) is 0 Å². The van der Waals surface area contributed by atoms with Crippen molar-refractivity contribution in [2.75, 3.05) is 39.2 Å². The van der Waals surface area contributed by atoms with Crippen LogP contribution >= 0.6 is 0 Å². The third-order valence-electron chi connectivity index (χ3n) is 3.05. The van der Waals surface area contributed by atoms with Gasteiger partial charge < -0.3 is 10.1 Å². The van der Waals surface area contributed by atoms with Crippen LogP contribution in [0.3, 0.4) is 0 Å². The SMILES string of the molecule is COCCN(C)Cc1cccc2c1NCC2. The smallest absolute Gasteiger partial charge is 0.0589 e. The molecule has 0 unspecified atom stereocenters. The summed E-state index contributed by atoms with van der Waals surface area (Å²) in [5, 5.41) is 3.47. The highest BCUT2D eigenvalue weighted by atomic mass is 16.5. The average Bonchev–Trinajstić information content (AvgIpc) is 2.75. The van der Waals surface area contributed by atoms with Gasteiger partial charge >= 0.3 is 0 Å². The fourth-order valence-corrected chi connectivity index (χ4v) is 2.16. The number of rotatable bonds is 5. The van der Waals surface area contributed by atoms with Gasteiger partial charge in [0.2, 0.25) is 0 Å². The molecule has 3 heteroatoms. The van der Waals surface area contributed by atoms with Gasteiger partial charge in [-0.1, -0.05) is 18.2 Å². The number of nitrogens with zero attached hydrogens (tertiary/aromatic N) is 1. The molecule has 0 saturated carbocycles. The van der Waals surface area contributed by atoms with Crippen molar-refractivity contribution in [3.63, 3.8) is 0 Å². The van der Waals surface area contributed by atoms with Crippen LogP contribution in [0.25, 0.3) is 0 Å². The molecule has 0 aromatic heterocycles. The summed E-state index contributed by atoms with van der Waals surface area (Å²) < 4.78 is 5.09. The quantitative estimate of drug-likeness (QED) is 0.818.